The number of aromatic hydroxyl groups is 1. The molecule has 1 aliphatic rings. The van der Waals surface area contributed by atoms with Crippen molar-refractivity contribution in [2.75, 3.05) is 17.7 Å². The molecule has 1 aromatic carbocycles. The number of nitrogens with one attached hydrogen (secondary N) is 2. The monoisotopic (exact) mass is 494 g/mol. The third kappa shape index (κ3) is 4.36. The van der Waals surface area contributed by atoms with Gasteiger partial charge in [0.25, 0.3) is 16.8 Å². The molecule has 3 aromatic rings. The number of hydrogen-bond donors (Lipinski definition) is 3. The number of pyridine rings is 1. The zero-order valence-electron chi connectivity index (χ0n) is 21.7. The van der Waals surface area contributed by atoms with Crippen LogP contribution >= 0.6 is 0 Å². The highest BCUT2D eigenvalue weighted by molar-refractivity contribution is 5.97. The lowest BCUT2D eigenvalue weighted by atomic mass is 9.78. The highest BCUT2D eigenvalue weighted by atomic mass is 16.3. The van der Waals surface area contributed by atoms with Crippen LogP contribution in [0, 0.1) is 12.3 Å². The fourth-order valence-electron chi connectivity index (χ4n) is 4.99. The fraction of sp³-hybridized carbons (Fsp3) is 0.500. The molecular weight excluding hydrogens is 460 g/mol. The van der Waals surface area contributed by atoms with Gasteiger partial charge in [-0.15, -0.1) is 0 Å². The average Bonchev–Trinajstić information content (AvgIpc) is 3.42. The Labute approximate surface area is 210 Å². The molecule has 0 saturated heterocycles. The zero-order chi connectivity index (χ0) is 26.4. The number of aromatic nitrogens is 3. The molecule has 0 bridgehead atoms. The Morgan fingerprint density at radius 1 is 1.19 bits per heavy atom. The van der Waals surface area contributed by atoms with Crippen LogP contribution in [0.25, 0.3) is 0 Å². The Hall–Kier alpha value is -3.69. The van der Waals surface area contributed by atoms with Gasteiger partial charge in [-0.2, -0.15) is 5.10 Å². The van der Waals surface area contributed by atoms with E-state index in [4.69, 9.17) is 0 Å². The third-order valence-electron chi connectivity index (χ3n) is 7.45. The molecule has 192 valence electrons. The molecule has 36 heavy (non-hydrogen) atoms. The van der Waals surface area contributed by atoms with E-state index >= 15 is 0 Å². The predicted octanol–water partition coefficient (Wildman–Crippen LogP) is 3.38. The second kappa shape index (κ2) is 9.40. The molecule has 0 unspecified atom stereocenters. The fourth-order valence-corrected chi connectivity index (χ4v) is 4.99. The first-order valence-electron chi connectivity index (χ1n) is 12.3. The van der Waals surface area contributed by atoms with Crippen molar-refractivity contribution in [2.24, 2.45) is 12.5 Å². The molecule has 2 aromatic heterocycles. The lowest BCUT2D eigenvalue weighted by Crippen LogP contribution is -2.40. The molecule has 10 nitrogen and oxygen atoms in total. The molecule has 1 saturated carbocycles. The average molecular weight is 495 g/mol. The number of nitrogens with zero attached hydrogens (tertiary/aromatic N) is 4. The van der Waals surface area contributed by atoms with Crippen LogP contribution in [0.4, 0.5) is 17.1 Å². The van der Waals surface area contributed by atoms with Gasteiger partial charge in [0.2, 0.25) is 0 Å². The Balaban J connectivity index is 1.68. The van der Waals surface area contributed by atoms with E-state index in [0.29, 0.717) is 0 Å². The number of aryl methyl sites for hydroxylation is 2. The van der Waals surface area contributed by atoms with E-state index in [1.165, 1.54) is 17.2 Å². The first kappa shape index (κ1) is 25.4. The summed E-state index contributed by atoms with van der Waals surface area (Å²) in [6.45, 7) is 7.87. The number of anilines is 3. The van der Waals surface area contributed by atoms with Gasteiger partial charge >= 0.3 is 0 Å². The van der Waals surface area contributed by atoms with Crippen molar-refractivity contribution in [3.63, 3.8) is 0 Å². The molecule has 0 aliphatic heterocycles. The Morgan fingerprint density at radius 3 is 2.42 bits per heavy atom. The summed E-state index contributed by atoms with van der Waals surface area (Å²) >= 11 is 0. The largest absolute Gasteiger partial charge is 0.504 e. The van der Waals surface area contributed by atoms with Gasteiger partial charge in [-0.05, 0) is 50.7 Å². The van der Waals surface area contributed by atoms with Gasteiger partial charge in [0.1, 0.15) is 11.4 Å². The van der Waals surface area contributed by atoms with E-state index in [2.05, 4.69) is 27.6 Å². The summed E-state index contributed by atoms with van der Waals surface area (Å²) in [6, 6.07) is 1.09. The van der Waals surface area contributed by atoms with Gasteiger partial charge in [0.05, 0.1) is 17.4 Å². The van der Waals surface area contributed by atoms with Crippen molar-refractivity contribution >= 4 is 23.0 Å². The Morgan fingerprint density at radius 2 is 1.83 bits per heavy atom. The minimum atomic E-state index is -0.686. The molecule has 3 N–H and O–H groups in total. The van der Waals surface area contributed by atoms with Crippen LogP contribution in [0.5, 0.6) is 5.75 Å². The van der Waals surface area contributed by atoms with Crippen LogP contribution in [0.3, 0.4) is 0 Å². The molecule has 1 fully saturated rings. The van der Waals surface area contributed by atoms with Crippen molar-refractivity contribution in [3.05, 3.63) is 55.9 Å². The lowest BCUT2D eigenvalue weighted by Gasteiger charge is -2.35. The topological polar surface area (TPSA) is 129 Å². The molecule has 1 aliphatic carbocycles. The molecule has 0 spiro atoms. The standard InChI is InChI=1S/C26H34N6O4/c1-14(2)32(6)25(36)20-21(33)16(9-12-27-20)28-18-19(23(35)22(18)34)29-24(26(4)10-7-8-11-26)17-15(3)13-31(5)30-17/h9,12-14,24,29,33H,7-8,10-11H2,1-6H3,(H,27,28)/t24-/m0/s1. The summed E-state index contributed by atoms with van der Waals surface area (Å²) in [4.78, 5) is 43.5. The first-order valence-corrected chi connectivity index (χ1v) is 12.3. The van der Waals surface area contributed by atoms with E-state index in [1.807, 2.05) is 34.0 Å². The number of rotatable bonds is 8. The maximum atomic E-state index is 12.7. The van der Waals surface area contributed by atoms with Crippen molar-refractivity contribution in [3.8, 4) is 5.75 Å². The smallest absolute Gasteiger partial charge is 0.276 e. The first-order chi connectivity index (χ1) is 16.9. The van der Waals surface area contributed by atoms with E-state index in [1.54, 1.807) is 11.7 Å². The van der Waals surface area contributed by atoms with E-state index < -0.39 is 16.8 Å². The number of hydrogen-bond acceptors (Lipinski definition) is 8. The summed E-state index contributed by atoms with van der Waals surface area (Å²) in [5.41, 5.74) is 0.594. The summed E-state index contributed by atoms with van der Waals surface area (Å²) in [6.07, 6.45) is 7.43. The van der Waals surface area contributed by atoms with Gasteiger partial charge in [-0.25, -0.2) is 4.98 Å². The van der Waals surface area contributed by atoms with Crippen LogP contribution in [0.15, 0.2) is 28.0 Å². The van der Waals surface area contributed by atoms with E-state index in [0.717, 1.165) is 36.9 Å². The predicted molar refractivity (Wildman–Crippen MR) is 139 cm³/mol. The maximum absolute atomic E-state index is 12.7. The van der Waals surface area contributed by atoms with Gasteiger partial charge in [0.15, 0.2) is 11.4 Å². The van der Waals surface area contributed by atoms with E-state index in [9.17, 15) is 19.5 Å². The van der Waals surface area contributed by atoms with Gasteiger partial charge in [-0.1, -0.05) is 19.8 Å². The second-order valence-electron chi connectivity index (χ2n) is 10.4. The molecule has 10 heteroatoms. The highest BCUT2D eigenvalue weighted by Gasteiger charge is 2.41. The minimum absolute atomic E-state index is 0.0531. The summed E-state index contributed by atoms with van der Waals surface area (Å²) in [5, 5.41) is 21.7. The molecule has 0 radical (unpaired) electrons. The number of carbonyl (C=O) groups excluding carboxylic acids is 1. The van der Waals surface area contributed by atoms with Crippen LogP contribution in [-0.2, 0) is 7.05 Å². The van der Waals surface area contributed by atoms with Gasteiger partial charge in [-0.3, -0.25) is 19.1 Å². The normalized spacial score (nSPS) is 15.9. The number of carbonyl (C=O) groups is 1. The quantitative estimate of drug-likeness (QED) is 0.407. The second-order valence-corrected chi connectivity index (χ2v) is 10.4. The molecule has 1 atom stereocenters. The minimum Gasteiger partial charge on any atom is -0.504 e. The van der Waals surface area contributed by atoms with Crippen LogP contribution in [0.2, 0.25) is 0 Å². The molecule has 1 amide bonds. The van der Waals surface area contributed by atoms with Crippen molar-refractivity contribution < 1.29 is 9.90 Å². The molecular formula is C26H34N6O4. The highest BCUT2D eigenvalue weighted by Crippen LogP contribution is 2.49. The van der Waals surface area contributed by atoms with E-state index in [-0.39, 0.29) is 46.0 Å². The summed E-state index contributed by atoms with van der Waals surface area (Å²) in [5.74, 6) is -0.830. The molecule has 2 heterocycles. The Kier molecular flexibility index (Phi) is 6.64. The van der Waals surface area contributed by atoms with Crippen LogP contribution < -0.4 is 21.5 Å². The maximum Gasteiger partial charge on any atom is 0.276 e. The summed E-state index contributed by atoms with van der Waals surface area (Å²) in [7, 11) is 3.48. The van der Waals surface area contributed by atoms with Gasteiger partial charge < -0.3 is 20.6 Å². The zero-order valence-corrected chi connectivity index (χ0v) is 21.7. The Bertz CT molecular complexity index is 1360. The van der Waals surface area contributed by atoms with Crippen molar-refractivity contribution in [2.45, 2.75) is 65.5 Å². The lowest BCUT2D eigenvalue weighted by molar-refractivity contribution is 0.0746. The third-order valence-corrected chi connectivity index (χ3v) is 7.45. The van der Waals surface area contributed by atoms with Gasteiger partial charge in [0, 0.05) is 32.5 Å². The van der Waals surface area contributed by atoms with Crippen LogP contribution in [-0.4, -0.2) is 43.8 Å². The molecule has 4 rings (SSSR count). The number of amides is 1. The SMILES string of the molecule is Cc1cn(C)nc1[C@H](Nc1c(Nc2ccnc(C(=O)N(C)C(C)C)c2O)c(=O)c1=O)C1(C)CCCC1. The van der Waals surface area contributed by atoms with Crippen LogP contribution in [0.1, 0.15) is 74.2 Å². The summed E-state index contributed by atoms with van der Waals surface area (Å²) < 4.78 is 1.75. The van der Waals surface area contributed by atoms with Crippen molar-refractivity contribution in [1.82, 2.24) is 19.7 Å². The van der Waals surface area contributed by atoms with Crippen molar-refractivity contribution in [1.29, 1.82) is 0 Å².